The number of carbonyl (C=O) groups is 3. The van der Waals surface area contributed by atoms with Gasteiger partial charge in [-0.05, 0) is 120 Å². The summed E-state index contributed by atoms with van der Waals surface area (Å²) in [5.74, 6) is 0.810. The number of hydrogen-bond donors (Lipinski definition) is 0. The zero-order valence-electron chi connectivity index (χ0n) is 25.5. The van der Waals surface area contributed by atoms with Crippen molar-refractivity contribution in [3.63, 3.8) is 0 Å². The van der Waals surface area contributed by atoms with Crippen molar-refractivity contribution in [2.75, 3.05) is 0 Å². The van der Waals surface area contributed by atoms with Crippen LogP contribution in [0.25, 0.3) is 0 Å². The molecule has 222 valence electrons. The molecule has 0 saturated heterocycles. The molecule has 0 spiro atoms. The third kappa shape index (κ3) is 4.48. The van der Waals surface area contributed by atoms with Gasteiger partial charge in [0, 0.05) is 11.8 Å². The van der Waals surface area contributed by atoms with Crippen molar-refractivity contribution in [3.05, 3.63) is 47.5 Å². The molecular formula is C36H47ClO4. The smallest absolute Gasteiger partial charge is 0.309 e. The Morgan fingerprint density at radius 3 is 2.27 bits per heavy atom. The summed E-state index contributed by atoms with van der Waals surface area (Å²) >= 11 is 6.12. The molecule has 5 aliphatic carbocycles. The lowest BCUT2D eigenvalue weighted by molar-refractivity contribution is -0.178. The Kier molecular flexibility index (Phi) is 7.16. The van der Waals surface area contributed by atoms with Crippen LogP contribution in [0.2, 0.25) is 0 Å². The molecule has 6 rings (SSSR count). The Labute approximate surface area is 251 Å². The second kappa shape index (κ2) is 10.1. The lowest BCUT2D eigenvalue weighted by atomic mass is 9.36. The van der Waals surface area contributed by atoms with Gasteiger partial charge in [-0.3, -0.25) is 14.4 Å². The Balaban J connectivity index is 1.27. The number of halogens is 1. The summed E-state index contributed by atoms with van der Waals surface area (Å²) in [6, 6.07) is 9.88. The van der Waals surface area contributed by atoms with E-state index in [0.717, 1.165) is 63.4 Å². The van der Waals surface area contributed by atoms with E-state index >= 15 is 0 Å². The van der Waals surface area contributed by atoms with Gasteiger partial charge in [0.05, 0.1) is 5.92 Å². The average Bonchev–Trinajstić information content (AvgIpc) is 2.90. The van der Waals surface area contributed by atoms with Gasteiger partial charge in [0.2, 0.25) is 5.24 Å². The first kappa shape index (κ1) is 29.1. The van der Waals surface area contributed by atoms with Crippen molar-refractivity contribution in [2.24, 2.45) is 57.2 Å². The molecule has 9 atom stereocenters. The van der Waals surface area contributed by atoms with E-state index in [1.807, 2.05) is 30.3 Å². The van der Waals surface area contributed by atoms with Crippen LogP contribution in [0.5, 0.6) is 0 Å². The number of esters is 1. The summed E-state index contributed by atoms with van der Waals surface area (Å²) < 4.78 is 5.80. The highest BCUT2D eigenvalue weighted by molar-refractivity contribution is 6.64. The summed E-state index contributed by atoms with van der Waals surface area (Å²) in [6.07, 6.45) is 10.6. The van der Waals surface area contributed by atoms with Gasteiger partial charge < -0.3 is 4.74 Å². The van der Waals surface area contributed by atoms with Gasteiger partial charge in [0.25, 0.3) is 0 Å². The SMILES string of the molecule is CC12CCC(C(=O)OCc3ccccc3)CC1C1=CC(=O)C3C(C)(CCC4C(C)(C)C(C(=O)Cl)CCC43C)C1CC2. The van der Waals surface area contributed by atoms with Crippen molar-refractivity contribution >= 4 is 28.6 Å². The molecule has 0 N–H and O–H groups in total. The molecule has 0 amide bonds. The normalized spacial score (nSPS) is 43.0. The fourth-order valence-electron chi connectivity index (χ4n) is 11.2. The van der Waals surface area contributed by atoms with E-state index < -0.39 is 0 Å². The van der Waals surface area contributed by atoms with Gasteiger partial charge in [-0.2, -0.15) is 0 Å². The standard InChI is InChI=1S/C36H47ClO4/c1-33(2)26(31(37)39)13-17-36(5)29(33)14-18-35(4)25-12-16-34(3)15-11-23(19-27(34)24(25)20-28(38)30(35)36)32(40)41-21-22-9-7-6-8-10-22/h6-10,20,23,25-27,29-30H,11-19,21H2,1-5H3. The lowest BCUT2D eigenvalue weighted by Crippen LogP contribution is -2.63. The van der Waals surface area contributed by atoms with E-state index in [4.69, 9.17) is 16.3 Å². The minimum absolute atomic E-state index is 0.0345. The molecule has 0 bridgehead atoms. The van der Waals surface area contributed by atoms with Crippen molar-refractivity contribution in [3.8, 4) is 0 Å². The maximum absolute atomic E-state index is 14.4. The minimum atomic E-state index is -0.223. The zero-order valence-corrected chi connectivity index (χ0v) is 26.3. The van der Waals surface area contributed by atoms with Crippen molar-refractivity contribution in [1.29, 1.82) is 0 Å². The van der Waals surface area contributed by atoms with Gasteiger partial charge in [0.1, 0.15) is 6.61 Å². The van der Waals surface area contributed by atoms with Gasteiger partial charge in [0.15, 0.2) is 5.78 Å². The molecule has 1 aromatic carbocycles. The molecule has 5 heteroatoms. The summed E-state index contributed by atoms with van der Waals surface area (Å²) in [5.41, 5.74) is 2.01. The first-order valence-electron chi connectivity index (χ1n) is 16.0. The van der Waals surface area contributed by atoms with E-state index in [1.165, 1.54) is 5.57 Å². The minimum Gasteiger partial charge on any atom is -0.461 e. The third-order valence-corrected chi connectivity index (χ3v) is 13.6. The van der Waals surface area contributed by atoms with Crippen LogP contribution in [0.4, 0.5) is 0 Å². The predicted octanol–water partition coefficient (Wildman–Crippen LogP) is 8.31. The molecule has 4 nitrogen and oxygen atoms in total. The van der Waals surface area contributed by atoms with Gasteiger partial charge in [-0.15, -0.1) is 0 Å². The van der Waals surface area contributed by atoms with Crippen molar-refractivity contribution in [2.45, 2.75) is 99.0 Å². The Morgan fingerprint density at radius 2 is 1.56 bits per heavy atom. The molecule has 0 aliphatic heterocycles. The maximum atomic E-state index is 14.4. The second-order valence-electron chi connectivity index (χ2n) is 15.7. The number of hydrogen-bond acceptors (Lipinski definition) is 4. The highest BCUT2D eigenvalue weighted by Crippen LogP contribution is 2.71. The van der Waals surface area contributed by atoms with E-state index in [-0.39, 0.29) is 62.3 Å². The quantitative estimate of drug-likeness (QED) is 0.266. The molecule has 41 heavy (non-hydrogen) atoms. The molecule has 1 aromatic rings. The van der Waals surface area contributed by atoms with Crippen LogP contribution in [0.1, 0.15) is 98.0 Å². The molecular weight excluding hydrogens is 532 g/mol. The maximum Gasteiger partial charge on any atom is 0.309 e. The van der Waals surface area contributed by atoms with Crippen LogP contribution >= 0.6 is 11.6 Å². The highest BCUT2D eigenvalue weighted by Gasteiger charge is 2.67. The zero-order chi connectivity index (χ0) is 29.4. The number of carbonyl (C=O) groups excluding carboxylic acids is 3. The van der Waals surface area contributed by atoms with Crippen LogP contribution in [0.3, 0.4) is 0 Å². The fraction of sp³-hybridized carbons (Fsp3) is 0.694. The van der Waals surface area contributed by atoms with Gasteiger partial charge >= 0.3 is 5.97 Å². The number of allylic oxidation sites excluding steroid dienone is 2. The van der Waals surface area contributed by atoms with Crippen LogP contribution in [0, 0.1) is 57.2 Å². The van der Waals surface area contributed by atoms with E-state index in [9.17, 15) is 14.4 Å². The topological polar surface area (TPSA) is 60.4 Å². The first-order valence-corrected chi connectivity index (χ1v) is 16.3. The van der Waals surface area contributed by atoms with E-state index in [2.05, 4.69) is 40.7 Å². The number of ketones is 1. The summed E-state index contributed by atoms with van der Waals surface area (Å²) in [6.45, 7) is 11.9. The van der Waals surface area contributed by atoms with Crippen LogP contribution < -0.4 is 0 Å². The number of ether oxygens (including phenoxy) is 1. The lowest BCUT2D eigenvalue weighted by Gasteiger charge is -2.67. The van der Waals surface area contributed by atoms with Gasteiger partial charge in [-0.25, -0.2) is 0 Å². The Hall–Kier alpha value is -1.94. The molecule has 0 heterocycles. The van der Waals surface area contributed by atoms with E-state index in [0.29, 0.717) is 18.4 Å². The van der Waals surface area contributed by atoms with Crippen molar-refractivity contribution in [1.82, 2.24) is 0 Å². The Bertz CT molecular complexity index is 1270. The summed E-state index contributed by atoms with van der Waals surface area (Å²) in [4.78, 5) is 40.0. The monoisotopic (exact) mass is 578 g/mol. The molecule has 9 unspecified atom stereocenters. The van der Waals surface area contributed by atoms with E-state index in [1.54, 1.807) is 0 Å². The number of rotatable bonds is 4. The molecule has 5 aliphatic rings. The average molecular weight is 579 g/mol. The predicted molar refractivity (Wildman–Crippen MR) is 161 cm³/mol. The van der Waals surface area contributed by atoms with Crippen LogP contribution in [-0.2, 0) is 25.7 Å². The summed E-state index contributed by atoms with van der Waals surface area (Å²) in [7, 11) is 0. The summed E-state index contributed by atoms with van der Waals surface area (Å²) in [5, 5.41) is -0.219. The largest absolute Gasteiger partial charge is 0.461 e. The van der Waals surface area contributed by atoms with Crippen LogP contribution in [-0.4, -0.2) is 17.0 Å². The van der Waals surface area contributed by atoms with Crippen molar-refractivity contribution < 1.29 is 19.1 Å². The highest BCUT2D eigenvalue weighted by atomic mass is 35.5. The number of benzene rings is 1. The fourth-order valence-corrected chi connectivity index (χ4v) is 11.6. The van der Waals surface area contributed by atoms with Crippen LogP contribution in [0.15, 0.2) is 42.0 Å². The molecule has 4 saturated carbocycles. The molecule has 0 radical (unpaired) electrons. The Morgan fingerprint density at radius 1 is 0.878 bits per heavy atom. The third-order valence-electron chi connectivity index (χ3n) is 13.3. The molecule has 4 fully saturated rings. The first-order chi connectivity index (χ1) is 19.3. The second-order valence-corrected chi connectivity index (χ2v) is 16.0. The van der Waals surface area contributed by atoms with Gasteiger partial charge in [-0.1, -0.05) is 70.5 Å². The molecule has 0 aromatic heterocycles. The number of fused-ring (bicyclic) bond motifs is 7.